The smallest absolute Gasteiger partial charge is 0.291 e. The highest BCUT2D eigenvalue weighted by atomic mass is 32.2. The van der Waals surface area contributed by atoms with E-state index in [9.17, 15) is 9.59 Å². The molecule has 3 aromatic rings. The van der Waals surface area contributed by atoms with E-state index in [2.05, 4.69) is 15.4 Å². The number of benzene rings is 2. The molecule has 1 saturated heterocycles. The molecule has 0 saturated carbocycles. The van der Waals surface area contributed by atoms with Crippen LogP contribution in [0, 0.1) is 5.82 Å². The molecule has 0 unspecified atom stereocenters. The van der Waals surface area contributed by atoms with Gasteiger partial charge in [0.1, 0.15) is 18.2 Å². The predicted molar refractivity (Wildman–Crippen MR) is 135 cm³/mol. The Balaban J connectivity index is 1.29. The number of nitrogens with zero attached hydrogens (tertiary/aromatic N) is 5. The summed E-state index contributed by atoms with van der Waals surface area (Å²) in [4.78, 5) is 34.3. The third-order valence-corrected chi connectivity index (χ3v) is 7.61. The summed E-state index contributed by atoms with van der Waals surface area (Å²) in [5.41, 5.74) is 2.01. The Labute approximate surface area is 212 Å². The average Bonchev–Trinajstić information content (AvgIpc) is 3.54. The molecule has 2 aromatic carbocycles. The quantitative estimate of drug-likeness (QED) is 0.545. The van der Waals surface area contributed by atoms with Crippen LogP contribution in [-0.4, -0.2) is 71.7 Å². The van der Waals surface area contributed by atoms with E-state index in [1.165, 1.54) is 29.1 Å². The van der Waals surface area contributed by atoms with E-state index in [0.717, 1.165) is 16.9 Å². The zero-order valence-electron chi connectivity index (χ0n) is 20.1. The second-order valence-corrected chi connectivity index (χ2v) is 9.91. The monoisotopic (exact) mass is 510 g/mol. The van der Waals surface area contributed by atoms with Crippen LogP contribution in [0.2, 0.25) is 0 Å². The van der Waals surface area contributed by atoms with Crippen molar-refractivity contribution >= 4 is 35.0 Å². The Morgan fingerprint density at radius 3 is 2.81 bits per heavy atom. The van der Waals surface area contributed by atoms with Gasteiger partial charge in [-0.1, -0.05) is 30.3 Å². The number of anilines is 2. The van der Waals surface area contributed by atoms with Gasteiger partial charge in [0.25, 0.3) is 5.91 Å². The Kier molecular flexibility index (Phi) is 6.92. The minimum absolute atomic E-state index is 0.0109. The normalized spacial score (nSPS) is 19.8. The summed E-state index contributed by atoms with van der Waals surface area (Å²) in [6.07, 6.45) is 2.40. The van der Waals surface area contributed by atoms with Crippen molar-refractivity contribution < 1.29 is 18.7 Å². The number of halogens is 1. The molecule has 1 aromatic heterocycles. The molecule has 5 rings (SSSR count). The van der Waals surface area contributed by atoms with Gasteiger partial charge in [0.2, 0.25) is 11.7 Å². The van der Waals surface area contributed by atoms with Gasteiger partial charge in [-0.3, -0.25) is 9.59 Å². The molecular weight excluding hydrogens is 483 g/mol. The number of hydrogen-bond acceptors (Lipinski definition) is 7. The van der Waals surface area contributed by atoms with Crippen molar-refractivity contribution in [1.29, 1.82) is 0 Å². The fourth-order valence-electron chi connectivity index (χ4n) is 4.46. The lowest BCUT2D eigenvalue weighted by atomic mass is 10.2. The zero-order valence-corrected chi connectivity index (χ0v) is 20.9. The van der Waals surface area contributed by atoms with Crippen molar-refractivity contribution in [2.75, 3.05) is 42.8 Å². The first-order valence-corrected chi connectivity index (χ1v) is 12.7. The van der Waals surface area contributed by atoms with Crippen molar-refractivity contribution in [3.8, 4) is 0 Å². The van der Waals surface area contributed by atoms with Crippen molar-refractivity contribution in [2.45, 2.75) is 30.0 Å². The van der Waals surface area contributed by atoms with Crippen LogP contribution in [0.3, 0.4) is 0 Å². The molecule has 1 fully saturated rings. The molecule has 2 amide bonds. The molecule has 0 aliphatic carbocycles. The van der Waals surface area contributed by atoms with E-state index in [4.69, 9.17) is 4.74 Å². The molecule has 188 valence electrons. The van der Waals surface area contributed by atoms with Gasteiger partial charge in [0.15, 0.2) is 0 Å². The highest BCUT2D eigenvalue weighted by molar-refractivity contribution is 7.99. The fraction of sp³-hybridized carbons (Fsp3) is 0.360. The van der Waals surface area contributed by atoms with Crippen LogP contribution in [0.4, 0.5) is 15.8 Å². The topological polar surface area (TPSA) is 92.6 Å². The maximum Gasteiger partial charge on any atom is 0.291 e. The molecular formula is C25H27FN6O3S. The Bertz CT molecular complexity index is 1270. The Morgan fingerprint density at radius 1 is 1.25 bits per heavy atom. The number of carbonyl (C=O) groups is 2. The van der Waals surface area contributed by atoms with Crippen LogP contribution in [0.15, 0.2) is 53.7 Å². The third-order valence-electron chi connectivity index (χ3n) is 6.48. The van der Waals surface area contributed by atoms with E-state index in [-0.39, 0.29) is 23.7 Å². The van der Waals surface area contributed by atoms with Gasteiger partial charge in [-0.25, -0.2) is 14.1 Å². The summed E-state index contributed by atoms with van der Waals surface area (Å²) in [7, 11) is 3.25. The van der Waals surface area contributed by atoms with Gasteiger partial charge in [0.05, 0.1) is 24.0 Å². The maximum absolute atomic E-state index is 15.1. The van der Waals surface area contributed by atoms with Gasteiger partial charge in [-0.2, -0.15) is 0 Å². The van der Waals surface area contributed by atoms with Gasteiger partial charge >= 0.3 is 0 Å². The molecule has 36 heavy (non-hydrogen) atoms. The predicted octanol–water partition coefficient (Wildman–Crippen LogP) is 2.56. The molecule has 0 bridgehead atoms. The number of hydrogen-bond donors (Lipinski definition) is 1. The summed E-state index contributed by atoms with van der Waals surface area (Å²) in [6, 6.07) is 12.1. The number of amides is 2. The number of aromatic nitrogens is 3. The van der Waals surface area contributed by atoms with Gasteiger partial charge < -0.3 is 19.9 Å². The SMILES string of the molecule is CO[C@H]1CCN(c2cc3c(cc2F)N(C)C(=O)[C@@H](NC(=O)c2ncn(Cc4ccccc4)n2)CS3)C1. The van der Waals surface area contributed by atoms with Gasteiger partial charge in [-0.15, -0.1) is 16.9 Å². The number of rotatable bonds is 6. The molecule has 11 heteroatoms. The average molecular weight is 511 g/mol. The maximum atomic E-state index is 15.1. The number of fused-ring (bicyclic) bond motifs is 1. The molecule has 9 nitrogen and oxygen atoms in total. The number of methoxy groups -OCH3 is 1. The van der Waals surface area contributed by atoms with E-state index in [0.29, 0.717) is 36.8 Å². The highest BCUT2D eigenvalue weighted by Gasteiger charge is 2.33. The summed E-state index contributed by atoms with van der Waals surface area (Å²) >= 11 is 1.41. The summed E-state index contributed by atoms with van der Waals surface area (Å²) in [5, 5.41) is 7.01. The minimum atomic E-state index is -0.808. The van der Waals surface area contributed by atoms with Crippen LogP contribution in [0.1, 0.15) is 22.6 Å². The fourth-order valence-corrected chi connectivity index (χ4v) is 5.57. The Hall–Kier alpha value is -3.44. The standard InChI is InChI=1S/C25H27FN6O3S/c1-30-21-10-18(26)20(31-9-8-17(13-31)35-2)11-22(21)36-14-19(25(30)34)28-24(33)23-27-15-32(29-23)12-16-6-4-3-5-7-16/h3-7,10-11,15,17,19H,8-9,12-14H2,1-2H3,(H,28,33)/t17-,19-/m0/s1. The lowest BCUT2D eigenvalue weighted by molar-refractivity contribution is -0.119. The van der Waals surface area contributed by atoms with Crippen LogP contribution in [0.25, 0.3) is 0 Å². The van der Waals surface area contributed by atoms with Crippen molar-refractivity contribution in [3.63, 3.8) is 0 Å². The van der Waals surface area contributed by atoms with Crippen molar-refractivity contribution in [2.24, 2.45) is 0 Å². The summed E-state index contributed by atoms with van der Waals surface area (Å²) < 4.78 is 22.0. The van der Waals surface area contributed by atoms with Crippen LogP contribution >= 0.6 is 11.8 Å². The molecule has 3 heterocycles. The largest absolute Gasteiger partial charge is 0.380 e. The first kappa shape index (κ1) is 24.3. The van der Waals surface area contributed by atoms with E-state index in [1.54, 1.807) is 24.9 Å². The first-order chi connectivity index (χ1) is 17.4. The molecule has 2 aliphatic rings. The highest BCUT2D eigenvalue weighted by Crippen LogP contribution is 2.39. The second-order valence-electron chi connectivity index (χ2n) is 8.85. The molecule has 2 atom stereocenters. The van der Waals surface area contributed by atoms with Crippen molar-refractivity contribution in [1.82, 2.24) is 20.1 Å². The lowest BCUT2D eigenvalue weighted by Crippen LogP contribution is -2.48. The second kappa shape index (κ2) is 10.3. The number of ether oxygens (including phenoxy) is 1. The van der Waals surface area contributed by atoms with Crippen LogP contribution in [-0.2, 0) is 16.1 Å². The molecule has 1 N–H and O–H groups in total. The summed E-state index contributed by atoms with van der Waals surface area (Å²) in [6.45, 7) is 1.80. The van der Waals surface area contributed by atoms with Crippen molar-refractivity contribution in [3.05, 3.63) is 66.0 Å². The van der Waals surface area contributed by atoms with E-state index < -0.39 is 11.9 Å². The number of likely N-dealkylation sites (N-methyl/N-ethyl adjacent to an activating group) is 1. The molecule has 2 aliphatic heterocycles. The third kappa shape index (κ3) is 4.93. The lowest BCUT2D eigenvalue weighted by Gasteiger charge is -2.24. The number of carbonyl (C=O) groups excluding carboxylic acids is 2. The van der Waals surface area contributed by atoms with Crippen LogP contribution in [0.5, 0.6) is 0 Å². The van der Waals surface area contributed by atoms with Gasteiger partial charge in [0, 0.05) is 44.0 Å². The number of thioether (sulfide) groups is 1. The first-order valence-electron chi connectivity index (χ1n) is 11.7. The van der Waals surface area contributed by atoms with E-state index >= 15 is 4.39 Å². The molecule has 0 spiro atoms. The van der Waals surface area contributed by atoms with Gasteiger partial charge in [-0.05, 0) is 18.1 Å². The molecule has 0 radical (unpaired) electrons. The Morgan fingerprint density at radius 2 is 2.06 bits per heavy atom. The van der Waals surface area contributed by atoms with E-state index in [1.807, 2.05) is 35.2 Å². The zero-order chi connectivity index (χ0) is 25.2. The minimum Gasteiger partial charge on any atom is -0.380 e. The number of nitrogens with one attached hydrogen (secondary N) is 1. The summed E-state index contributed by atoms with van der Waals surface area (Å²) in [5.74, 6) is -0.955. The van der Waals surface area contributed by atoms with Crippen LogP contribution < -0.4 is 15.1 Å².